The van der Waals surface area contributed by atoms with Gasteiger partial charge in [0, 0.05) is 57.0 Å². The van der Waals surface area contributed by atoms with Gasteiger partial charge in [-0.1, -0.05) is 48.5 Å². The zero-order valence-electron chi connectivity index (χ0n) is 18.8. The van der Waals surface area contributed by atoms with Crippen LogP contribution in [0.15, 0.2) is 60.7 Å². The second-order valence-corrected chi connectivity index (χ2v) is 8.67. The number of methoxy groups -OCH3 is 1. The van der Waals surface area contributed by atoms with Crippen LogP contribution < -0.4 is 15.5 Å². The lowest BCUT2D eigenvalue weighted by atomic mass is 9.91. The monoisotopic (exact) mass is 418 g/mol. The van der Waals surface area contributed by atoms with Gasteiger partial charge in [-0.3, -0.25) is 0 Å². The van der Waals surface area contributed by atoms with Crippen LogP contribution >= 0.6 is 0 Å². The minimum absolute atomic E-state index is 0.100. The van der Waals surface area contributed by atoms with E-state index in [1.807, 2.05) is 6.07 Å². The Morgan fingerprint density at radius 3 is 2.35 bits per heavy atom. The van der Waals surface area contributed by atoms with Gasteiger partial charge in [-0.05, 0) is 37.3 Å². The van der Waals surface area contributed by atoms with Crippen LogP contribution in [0.2, 0.25) is 0 Å². The molecule has 1 unspecified atom stereocenters. The van der Waals surface area contributed by atoms with E-state index in [2.05, 4.69) is 84.2 Å². The first-order valence-corrected chi connectivity index (χ1v) is 11.3. The summed E-state index contributed by atoms with van der Waals surface area (Å²) in [6, 6.07) is 22.0. The largest absolute Gasteiger partial charge is 0.377 e. The molecule has 31 heavy (non-hydrogen) atoms. The molecule has 0 amide bonds. The Morgan fingerprint density at radius 2 is 1.65 bits per heavy atom. The van der Waals surface area contributed by atoms with Gasteiger partial charge in [0.1, 0.15) is 5.82 Å². The fourth-order valence-corrected chi connectivity index (χ4v) is 4.53. The van der Waals surface area contributed by atoms with Gasteiger partial charge in [-0.2, -0.15) is 0 Å². The first kappa shape index (κ1) is 21.6. The van der Waals surface area contributed by atoms with Crippen molar-refractivity contribution in [3.8, 4) is 0 Å². The Kier molecular flexibility index (Phi) is 7.05. The summed E-state index contributed by atoms with van der Waals surface area (Å²) in [5, 5.41) is 8.62. The number of ether oxygens (including phenoxy) is 1. The molecule has 4 rings (SSSR count). The molecule has 5 nitrogen and oxygen atoms in total. The van der Waals surface area contributed by atoms with Gasteiger partial charge in [0.25, 0.3) is 0 Å². The van der Waals surface area contributed by atoms with E-state index < -0.39 is 0 Å². The van der Waals surface area contributed by atoms with Gasteiger partial charge >= 0.3 is 0 Å². The number of nitrogens with zero attached hydrogens (tertiary/aromatic N) is 2. The van der Waals surface area contributed by atoms with Crippen molar-refractivity contribution in [2.75, 3.05) is 38.0 Å². The van der Waals surface area contributed by atoms with Gasteiger partial charge in [-0.25, -0.2) is 4.98 Å². The topological polar surface area (TPSA) is 49.4 Å². The van der Waals surface area contributed by atoms with Crippen LogP contribution in [0.3, 0.4) is 0 Å². The van der Waals surface area contributed by atoms with E-state index in [4.69, 9.17) is 9.72 Å². The fourth-order valence-electron chi connectivity index (χ4n) is 4.53. The molecule has 0 aliphatic heterocycles. The van der Waals surface area contributed by atoms with Crippen molar-refractivity contribution >= 4 is 22.4 Å². The van der Waals surface area contributed by atoms with E-state index in [0.29, 0.717) is 12.1 Å². The molecule has 2 N–H and O–H groups in total. The summed E-state index contributed by atoms with van der Waals surface area (Å²) in [6.45, 7) is 0.849. The second-order valence-electron chi connectivity index (χ2n) is 8.67. The molecule has 2 aromatic carbocycles. The zero-order chi connectivity index (χ0) is 21.6. The van der Waals surface area contributed by atoms with Crippen LogP contribution in [0, 0.1) is 0 Å². The number of fused-ring (bicyclic) bond motifs is 1. The number of rotatable bonds is 8. The molecule has 164 valence electrons. The normalized spacial score (nSPS) is 19.8. The quantitative estimate of drug-likeness (QED) is 0.539. The highest BCUT2D eigenvalue weighted by atomic mass is 16.5. The minimum Gasteiger partial charge on any atom is -0.377 e. The molecule has 1 saturated carbocycles. The third-order valence-corrected chi connectivity index (χ3v) is 6.30. The summed E-state index contributed by atoms with van der Waals surface area (Å²) in [5.74, 6) is 0.974. The highest BCUT2D eigenvalue weighted by molar-refractivity contribution is 5.93. The van der Waals surface area contributed by atoms with Crippen LogP contribution in [-0.2, 0) is 4.74 Å². The van der Waals surface area contributed by atoms with Crippen LogP contribution in [-0.4, -0.2) is 44.8 Å². The molecule has 3 aromatic rings. The van der Waals surface area contributed by atoms with Gasteiger partial charge in [0.2, 0.25) is 0 Å². The van der Waals surface area contributed by atoms with Crippen molar-refractivity contribution in [3.63, 3.8) is 0 Å². The molecule has 1 aromatic heterocycles. The minimum atomic E-state index is 0.100. The maximum atomic E-state index is 5.71. The third-order valence-electron chi connectivity index (χ3n) is 6.30. The lowest BCUT2D eigenvalue weighted by molar-refractivity contribution is 0.0974. The van der Waals surface area contributed by atoms with E-state index in [0.717, 1.165) is 43.6 Å². The van der Waals surface area contributed by atoms with Gasteiger partial charge < -0.3 is 20.3 Å². The van der Waals surface area contributed by atoms with Crippen molar-refractivity contribution in [1.29, 1.82) is 0 Å². The molecule has 1 aliphatic carbocycles. The SMILES string of the molecule is COC(CNC1CCC(Nc2cc(N(C)C)c3ccccc3n2)CC1)c1ccccc1. The fraction of sp³-hybridized carbons (Fsp3) is 0.423. The molecule has 1 atom stereocenters. The second kappa shape index (κ2) is 10.1. The van der Waals surface area contributed by atoms with E-state index >= 15 is 0 Å². The molecule has 0 bridgehead atoms. The maximum absolute atomic E-state index is 5.71. The van der Waals surface area contributed by atoms with Crippen molar-refractivity contribution in [2.45, 2.75) is 43.9 Å². The number of para-hydroxylation sites is 1. The van der Waals surface area contributed by atoms with Gasteiger partial charge in [0.05, 0.1) is 11.6 Å². The number of hydrogen-bond donors (Lipinski definition) is 2. The van der Waals surface area contributed by atoms with Crippen molar-refractivity contribution in [2.24, 2.45) is 0 Å². The third kappa shape index (κ3) is 5.35. The molecule has 1 heterocycles. The molecule has 1 fully saturated rings. The molecular formula is C26H34N4O. The average molecular weight is 419 g/mol. The van der Waals surface area contributed by atoms with Crippen LogP contribution in [0.25, 0.3) is 10.9 Å². The van der Waals surface area contributed by atoms with E-state index in [1.165, 1.54) is 16.6 Å². The summed E-state index contributed by atoms with van der Waals surface area (Å²) in [5.41, 5.74) is 3.47. The van der Waals surface area contributed by atoms with Crippen molar-refractivity contribution in [3.05, 3.63) is 66.2 Å². The summed E-state index contributed by atoms with van der Waals surface area (Å²) >= 11 is 0. The highest BCUT2D eigenvalue weighted by Crippen LogP contribution is 2.29. The van der Waals surface area contributed by atoms with E-state index in [9.17, 15) is 0 Å². The van der Waals surface area contributed by atoms with Crippen LogP contribution in [0.4, 0.5) is 11.5 Å². The number of nitrogens with one attached hydrogen (secondary N) is 2. The summed E-state index contributed by atoms with van der Waals surface area (Å²) in [6.07, 6.45) is 4.72. The lowest BCUT2D eigenvalue weighted by Gasteiger charge is -2.31. The maximum Gasteiger partial charge on any atom is 0.128 e. The number of pyridine rings is 1. The smallest absolute Gasteiger partial charge is 0.128 e. The first-order chi connectivity index (χ1) is 15.1. The predicted molar refractivity (Wildman–Crippen MR) is 130 cm³/mol. The standard InChI is InChI=1S/C26H34N4O/c1-30(2)24-17-26(29-23-12-8-7-11-22(23)24)28-21-15-13-20(14-16-21)27-18-25(31-3)19-9-5-4-6-10-19/h4-12,17,20-21,25,27H,13-16,18H2,1-3H3,(H,28,29). The Hall–Kier alpha value is -2.63. The summed E-state index contributed by atoms with van der Waals surface area (Å²) in [7, 11) is 5.97. The number of aromatic nitrogens is 1. The predicted octanol–water partition coefficient (Wildman–Crippen LogP) is 5.00. The van der Waals surface area contributed by atoms with Crippen LogP contribution in [0.5, 0.6) is 0 Å². The van der Waals surface area contributed by atoms with E-state index in [-0.39, 0.29) is 6.10 Å². The molecule has 0 radical (unpaired) electrons. The lowest BCUT2D eigenvalue weighted by Crippen LogP contribution is -2.39. The Balaban J connectivity index is 1.32. The van der Waals surface area contributed by atoms with E-state index in [1.54, 1.807) is 7.11 Å². The number of benzene rings is 2. The summed E-state index contributed by atoms with van der Waals surface area (Å²) < 4.78 is 5.71. The van der Waals surface area contributed by atoms with Gasteiger partial charge in [0.15, 0.2) is 0 Å². The number of anilines is 2. The number of hydrogen-bond acceptors (Lipinski definition) is 5. The van der Waals surface area contributed by atoms with Crippen LogP contribution in [0.1, 0.15) is 37.4 Å². The summed E-state index contributed by atoms with van der Waals surface area (Å²) in [4.78, 5) is 7.03. The average Bonchev–Trinajstić information content (AvgIpc) is 2.80. The molecule has 0 spiro atoms. The Morgan fingerprint density at radius 1 is 0.968 bits per heavy atom. The highest BCUT2D eigenvalue weighted by Gasteiger charge is 2.22. The molecule has 5 heteroatoms. The molecule has 0 saturated heterocycles. The van der Waals surface area contributed by atoms with Gasteiger partial charge in [-0.15, -0.1) is 0 Å². The zero-order valence-corrected chi connectivity index (χ0v) is 18.8. The first-order valence-electron chi connectivity index (χ1n) is 11.3. The molecular weight excluding hydrogens is 384 g/mol. The molecule has 1 aliphatic rings. The van der Waals surface area contributed by atoms with Crippen molar-refractivity contribution < 1.29 is 4.74 Å². The Bertz CT molecular complexity index is 968. The van der Waals surface area contributed by atoms with Crippen molar-refractivity contribution in [1.82, 2.24) is 10.3 Å². The Labute approximate surface area is 185 Å².